The monoisotopic (exact) mass is 410 g/mol. The lowest BCUT2D eigenvalue weighted by Crippen LogP contribution is -2.54. The summed E-state index contributed by atoms with van der Waals surface area (Å²) in [6.07, 6.45) is -11.2. The van der Waals surface area contributed by atoms with Crippen LogP contribution in [0.2, 0.25) is 0 Å². The number of nitrogens with zero attached hydrogens (tertiary/aromatic N) is 1. The first-order valence-electron chi connectivity index (χ1n) is 7.63. The number of pyridine rings is 1. The minimum atomic E-state index is -6.21. The van der Waals surface area contributed by atoms with Crippen molar-refractivity contribution in [2.24, 2.45) is 0 Å². The van der Waals surface area contributed by atoms with Crippen LogP contribution in [0.4, 0.5) is 36.4 Å². The van der Waals surface area contributed by atoms with Crippen LogP contribution in [0.5, 0.6) is 0 Å². The number of halogens is 7. The molecule has 28 heavy (non-hydrogen) atoms. The molecule has 1 amide bonds. The average molecular weight is 410 g/mol. The van der Waals surface area contributed by atoms with Crippen molar-refractivity contribution in [2.75, 3.05) is 5.32 Å². The van der Waals surface area contributed by atoms with Gasteiger partial charge in [0, 0.05) is 23.1 Å². The molecule has 0 aliphatic rings. The molecule has 152 valence electrons. The zero-order valence-electron chi connectivity index (χ0n) is 14.1. The molecule has 0 atom stereocenters. The van der Waals surface area contributed by atoms with Crippen molar-refractivity contribution < 1.29 is 40.6 Å². The molecule has 11 heteroatoms. The van der Waals surface area contributed by atoms with E-state index in [1.54, 1.807) is 19.1 Å². The Labute approximate surface area is 154 Å². The van der Waals surface area contributed by atoms with E-state index in [-0.39, 0.29) is 24.2 Å². The maximum absolute atomic E-state index is 14.0. The molecule has 1 aromatic carbocycles. The molecule has 0 saturated heterocycles. The quantitative estimate of drug-likeness (QED) is 0.749. The van der Waals surface area contributed by atoms with E-state index in [0.717, 1.165) is 5.56 Å². The number of aryl methyl sites for hydroxylation is 1. The summed E-state index contributed by atoms with van der Waals surface area (Å²) in [7, 11) is 0. The van der Waals surface area contributed by atoms with E-state index in [1.807, 2.05) is 0 Å². The number of carbonyl (C=O) groups excluding carboxylic acids is 1. The minimum absolute atomic E-state index is 0.121. The summed E-state index contributed by atoms with van der Waals surface area (Å²) >= 11 is 0. The topological polar surface area (TPSA) is 62.2 Å². The van der Waals surface area contributed by atoms with Gasteiger partial charge in [-0.2, -0.15) is 26.3 Å². The molecule has 0 aliphatic heterocycles. The van der Waals surface area contributed by atoms with Crippen LogP contribution in [-0.2, 0) is 16.8 Å². The third-order valence-electron chi connectivity index (χ3n) is 3.78. The van der Waals surface area contributed by atoms with Crippen molar-refractivity contribution >= 4 is 11.6 Å². The molecule has 4 nitrogen and oxygen atoms in total. The first-order chi connectivity index (χ1) is 12.8. The highest BCUT2D eigenvalue weighted by Crippen LogP contribution is 2.50. The summed E-state index contributed by atoms with van der Waals surface area (Å²) < 4.78 is 91.0. The fourth-order valence-electron chi connectivity index (χ4n) is 2.33. The van der Waals surface area contributed by atoms with Crippen molar-refractivity contribution in [3.05, 3.63) is 59.2 Å². The zero-order valence-corrected chi connectivity index (χ0v) is 14.1. The van der Waals surface area contributed by atoms with Gasteiger partial charge in [-0.05, 0) is 30.7 Å². The Morgan fingerprint density at radius 3 is 2.14 bits per heavy atom. The SMILES string of the molecule is Cc1ccc(CC(=O)Nc2ccc(C(O)(C(F)(F)F)C(F)(F)F)c(F)c2)nc1. The van der Waals surface area contributed by atoms with Gasteiger partial charge < -0.3 is 10.4 Å². The van der Waals surface area contributed by atoms with Crippen molar-refractivity contribution in [3.63, 3.8) is 0 Å². The predicted molar refractivity (Wildman–Crippen MR) is 83.7 cm³/mol. The van der Waals surface area contributed by atoms with Gasteiger partial charge in [-0.25, -0.2) is 4.39 Å². The van der Waals surface area contributed by atoms with Crippen LogP contribution < -0.4 is 5.32 Å². The maximum atomic E-state index is 14.0. The molecule has 0 unspecified atom stereocenters. The van der Waals surface area contributed by atoms with Crippen molar-refractivity contribution in [3.8, 4) is 0 Å². The highest BCUT2D eigenvalue weighted by molar-refractivity contribution is 5.92. The first-order valence-corrected chi connectivity index (χ1v) is 7.63. The minimum Gasteiger partial charge on any atom is -0.369 e. The molecule has 2 aromatic rings. The number of amides is 1. The number of nitrogens with one attached hydrogen (secondary N) is 1. The van der Waals surface area contributed by atoms with Crippen LogP contribution >= 0.6 is 0 Å². The van der Waals surface area contributed by atoms with Crippen molar-refractivity contribution in [1.82, 2.24) is 4.98 Å². The smallest absolute Gasteiger partial charge is 0.369 e. The normalized spacial score (nSPS) is 12.8. The van der Waals surface area contributed by atoms with Gasteiger partial charge in [0.2, 0.25) is 5.91 Å². The highest BCUT2D eigenvalue weighted by atomic mass is 19.4. The Kier molecular flexibility index (Phi) is 5.69. The van der Waals surface area contributed by atoms with E-state index < -0.39 is 35.2 Å². The van der Waals surface area contributed by atoms with Gasteiger partial charge in [0.25, 0.3) is 5.60 Å². The lowest BCUT2D eigenvalue weighted by Gasteiger charge is -2.32. The van der Waals surface area contributed by atoms with E-state index in [0.29, 0.717) is 11.8 Å². The Balaban J connectivity index is 2.26. The number of rotatable bonds is 4. The number of aliphatic hydroxyl groups is 1. The third kappa shape index (κ3) is 4.24. The predicted octanol–water partition coefficient (Wildman–Crippen LogP) is 4.02. The lowest BCUT2D eigenvalue weighted by atomic mass is 9.91. The molecule has 0 radical (unpaired) electrons. The highest BCUT2D eigenvalue weighted by Gasteiger charge is 2.72. The van der Waals surface area contributed by atoms with Gasteiger partial charge in [0.05, 0.1) is 6.42 Å². The number of hydrogen-bond donors (Lipinski definition) is 2. The fraction of sp³-hybridized carbons (Fsp3) is 0.294. The van der Waals surface area contributed by atoms with Gasteiger partial charge >= 0.3 is 12.4 Å². The zero-order chi connectivity index (χ0) is 21.3. The number of anilines is 1. The van der Waals surface area contributed by atoms with E-state index in [2.05, 4.69) is 10.3 Å². The van der Waals surface area contributed by atoms with Crippen molar-refractivity contribution in [1.29, 1.82) is 0 Å². The summed E-state index contributed by atoms with van der Waals surface area (Å²) in [4.78, 5) is 15.9. The number of benzene rings is 1. The molecule has 0 aliphatic carbocycles. The van der Waals surface area contributed by atoms with E-state index >= 15 is 0 Å². The standard InChI is InChI=1S/C17H13F7N2O2/c1-9-2-3-10(25-8-9)7-14(27)26-11-4-5-12(13(18)6-11)15(28,16(19,20)21)17(22,23)24/h2-6,8,28H,7H2,1H3,(H,26,27). The molecular weight excluding hydrogens is 397 g/mol. The van der Waals surface area contributed by atoms with E-state index in [1.165, 1.54) is 6.20 Å². The van der Waals surface area contributed by atoms with Gasteiger partial charge in [0.15, 0.2) is 0 Å². The number of carbonyl (C=O) groups is 1. The second-order valence-corrected chi connectivity index (χ2v) is 5.95. The van der Waals surface area contributed by atoms with Crippen molar-refractivity contribution in [2.45, 2.75) is 31.3 Å². The van der Waals surface area contributed by atoms with Gasteiger partial charge in [0.1, 0.15) is 5.82 Å². The summed E-state index contributed by atoms with van der Waals surface area (Å²) in [6.45, 7) is 1.77. The molecule has 1 aromatic heterocycles. The average Bonchev–Trinajstić information content (AvgIpc) is 2.54. The lowest BCUT2D eigenvalue weighted by molar-refractivity contribution is -0.377. The Morgan fingerprint density at radius 1 is 1.07 bits per heavy atom. The van der Waals surface area contributed by atoms with Crippen LogP contribution in [0.25, 0.3) is 0 Å². The Morgan fingerprint density at radius 2 is 1.68 bits per heavy atom. The maximum Gasteiger partial charge on any atom is 0.430 e. The van der Waals surface area contributed by atoms with E-state index in [9.17, 15) is 40.6 Å². The second kappa shape index (κ2) is 7.38. The number of aromatic nitrogens is 1. The molecule has 0 saturated carbocycles. The molecule has 2 N–H and O–H groups in total. The third-order valence-corrected chi connectivity index (χ3v) is 3.78. The van der Waals surface area contributed by atoms with Gasteiger partial charge in [-0.15, -0.1) is 0 Å². The summed E-state index contributed by atoms with van der Waals surface area (Å²) in [6, 6.07) is 4.24. The Bertz CT molecular complexity index is 847. The van der Waals surface area contributed by atoms with Crippen LogP contribution in [0, 0.1) is 12.7 Å². The molecule has 0 spiro atoms. The van der Waals surface area contributed by atoms with Crippen LogP contribution in [0.1, 0.15) is 16.8 Å². The number of hydrogen-bond acceptors (Lipinski definition) is 3. The van der Waals surface area contributed by atoms with Crippen LogP contribution in [0.15, 0.2) is 36.5 Å². The molecule has 2 rings (SSSR count). The second-order valence-electron chi connectivity index (χ2n) is 5.95. The van der Waals surface area contributed by atoms with Crippen LogP contribution in [-0.4, -0.2) is 28.4 Å². The molecular formula is C17H13F7N2O2. The molecule has 1 heterocycles. The Hall–Kier alpha value is -2.69. The number of alkyl halides is 6. The largest absolute Gasteiger partial charge is 0.430 e. The van der Waals surface area contributed by atoms with E-state index in [4.69, 9.17) is 0 Å². The fourth-order valence-corrected chi connectivity index (χ4v) is 2.33. The van der Waals surface area contributed by atoms with Gasteiger partial charge in [-0.1, -0.05) is 12.1 Å². The molecule has 0 bridgehead atoms. The van der Waals surface area contributed by atoms with Gasteiger partial charge in [-0.3, -0.25) is 9.78 Å². The molecule has 0 fully saturated rings. The summed E-state index contributed by atoms with van der Waals surface area (Å²) in [5, 5.41) is 11.4. The summed E-state index contributed by atoms with van der Waals surface area (Å²) in [5.41, 5.74) is -6.61. The first kappa shape index (κ1) is 21.6. The van der Waals surface area contributed by atoms with Crippen LogP contribution in [0.3, 0.4) is 0 Å². The summed E-state index contributed by atoms with van der Waals surface area (Å²) in [5.74, 6) is -2.70.